The summed E-state index contributed by atoms with van der Waals surface area (Å²) in [5.41, 5.74) is 0.903. The van der Waals surface area contributed by atoms with Crippen molar-refractivity contribution in [1.82, 2.24) is 4.98 Å². The van der Waals surface area contributed by atoms with E-state index in [9.17, 15) is 0 Å². The van der Waals surface area contributed by atoms with Gasteiger partial charge in [-0.3, -0.25) is 0 Å². The summed E-state index contributed by atoms with van der Waals surface area (Å²) in [6.45, 7) is 6.71. The Morgan fingerprint density at radius 1 is 1.19 bits per heavy atom. The lowest BCUT2D eigenvalue weighted by Crippen LogP contribution is -2.31. The van der Waals surface area contributed by atoms with Crippen molar-refractivity contribution in [3.8, 4) is 0 Å². The number of aromatic nitrogens is 1. The molecule has 1 aromatic carbocycles. The molecule has 0 aliphatic rings. The molecule has 0 amide bonds. The summed E-state index contributed by atoms with van der Waals surface area (Å²) in [5, 5.41) is 2.09. The van der Waals surface area contributed by atoms with E-state index in [4.69, 9.17) is 23.2 Å². The minimum atomic E-state index is -1.36. The Kier molecular flexibility index (Phi) is 3.18. The highest BCUT2D eigenvalue weighted by Gasteiger charge is 2.16. The molecule has 0 radical (unpaired) electrons. The first-order valence-corrected chi connectivity index (χ1v) is 9.96. The minimum absolute atomic E-state index is 0.555. The molecule has 0 saturated heterocycles. The van der Waals surface area contributed by atoms with Gasteiger partial charge in [0, 0.05) is 0 Å². The summed E-state index contributed by atoms with van der Waals surface area (Å²) in [5.74, 6) is 0. The number of hydrogen-bond donors (Lipinski definition) is 1. The summed E-state index contributed by atoms with van der Waals surface area (Å²) < 4.78 is 1.06. The van der Waals surface area contributed by atoms with Crippen LogP contribution >= 0.6 is 34.5 Å². The fraction of sp³-hybridized carbons (Fsp3) is 0.300. The fourth-order valence-electron chi connectivity index (χ4n) is 1.30. The average Bonchev–Trinajstić information content (AvgIpc) is 2.44. The van der Waals surface area contributed by atoms with Gasteiger partial charge >= 0.3 is 0 Å². The minimum Gasteiger partial charge on any atom is -0.388 e. The summed E-state index contributed by atoms with van der Waals surface area (Å²) in [6, 6.07) is 3.68. The number of fused-ring (bicyclic) bond motifs is 1. The highest BCUT2D eigenvalue weighted by atomic mass is 35.5. The van der Waals surface area contributed by atoms with Crippen LogP contribution in [0.15, 0.2) is 12.1 Å². The van der Waals surface area contributed by atoms with Gasteiger partial charge in [-0.05, 0) is 12.1 Å². The molecule has 2 aromatic rings. The van der Waals surface area contributed by atoms with Crippen molar-refractivity contribution in [2.45, 2.75) is 19.6 Å². The molecular formula is C10H12Cl2N2SSi. The van der Waals surface area contributed by atoms with Crippen LogP contribution in [0, 0.1) is 0 Å². The highest BCUT2D eigenvalue weighted by Crippen LogP contribution is 2.33. The average molecular weight is 291 g/mol. The van der Waals surface area contributed by atoms with Gasteiger partial charge in [-0.25, -0.2) is 4.98 Å². The van der Waals surface area contributed by atoms with Crippen molar-refractivity contribution < 1.29 is 0 Å². The molecule has 6 heteroatoms. The molecule has 16 heavy (non-hydrogen) atoms. The second-order valence-corrected chi connectivity index (χ2v) is 11.2. The van der Waals surface area contributed by atoms with Gasteiger partial charge in [0.25, 0.3) is 0 Å². The second kappa shape index (κ2) is 4.18. The van der Waals surface area contributed by atoms with Crippen LogP contribution in [-0.4, -0.2) is 13.2 Å². The Balaban J connectivity index is 2.44. The maximum Gasteiger partial charge on any atom is 0.175 e. The standard InChI is InChI=1S/C10H12Cl2N2SSi/c1-16(2,3)14-10-13-8-4-6(11)7(12)5-9(8)15-10/h4-5H,1-3H3,(H,13,14). The number of nitrogens with zero attached hydrogens (tertiary/aromatic N) is 1. The van der Waals surface area contributed by atoms with Crippen molar-refractivity contribution in [2.24, 2.45) is 0 Å². The molecule has 1 aromatic heterocycles. The molecular weight excluding hydrogens is 279 g/mol. The van der Waals surface area contributed by atoms with Crippen LogP contribution in [0.5, 0.6) is 0 Å². The number of rotatable bonds is 2. The number of benzene rings is 1. The van der Waals surface area contributed by atoms with Crippen LogP contribution < -0.4 is 4.98 Å². The molecule has 2 nitrogen and oxygen atoms in total. The van der Waals surface area contributed by atoms with E-state index >= 15 is 0 Å². The van der Waals surface area contributed by atoms with Crippen LogP contribution in [0.1, 0.15) is 0 Å². The van der Waals surface area contributed by atoms with Crippen molar-refractivity contribution >= 4 is 58.1 Å². The summed E-state index contributed by atoms with van der Waals surface area (Å²) in [4.78, 5) is 7.97. The Morgan fingerprint density at radius 3 is 2.44 bits per heavy atom. The van der Waals surface area contributed by atoms with E-state index < -0.39 is 8.24 Å². The molecule has 1 N–H and O–H groups in total. The third-order valence-electron chi connectivity index (χ3n) is 1.91. The van der Waals surface area contributed by atoms with Crippen LogP contribution in [0.25, 0.3) is 10.2 Å². The van der Waals surface area contributed by atoms with Gasteiger partial charge in [-0.15, -0.1) is 0 Å². The number of anilines is 1. The van der Waals surface area contributed by atoms with E-state index in [1.165, 1.54) is 0 Å². The van der Waals surface area contributed by atoms with E-state index in [-0.39, 0.29) is 0 Å². The normalized spacial score (nSPS) is 12.1. The summed E-state index contributed by atoms with van der Waals surface area (Å²) in [6.07, 6.45) is 0. The lowest BCUT2D eigenvalue weighted by molar-refractivity contribution is 1.46. The monoisotopic (exact) mass is 290 g/mol. The smallest absolute Gasteiger partial charge is 0.175 e. The van der Waals surface area contributed by atoms with E-state index in [1.54, 1.807) is 11.3 Å². The van der Waals surface area contributed by atoms with Crippen molar-refractivity contribution in [3.05, 3.63) is 22.2 Å². The van der Waals surface area contributed by atoms with Gasteiger partial charge in [0.15, 0.2) is 5.13 Å². The van der Waals surface area contributed by atoms with Crippen LogP contribution in [0.2, 0.25) is 29.7 Å². The van der Waals surface area contributed by atoms with E-state index in [0.717, 1.165) is 15.3 Å². The number of thiazole rings is 1. The van der Waals surface area contributed by atoms with Gasteiger partial charge in [0.05, 0.1) is 20.3 Å². The molecule has 2 rings (SSSR count). The summed E-state index contributed by atoms with van der Waals surface area (Å²) >= 11 is 13.5. The lowest BCUT2D eigenvalue weighted by atomic mass is 10.3. The lowest BCUT2D eigenvalue weighted by Gasteiger charge is -2.16. The van der Waals surface area contributed by atoms with Crippen molar-refractivity contribution in [1.29, 1.82) is 0 Å². The Morgan fingerprint density at radius 2 is 1.81 bits per heavy atom. The zero-order chi connectivity index (χ0) is 11.9. The van der Waals surface area contributed by atoms with Crippen LogP contribution in [0.4, 0.5) is 5.13 Å². The molecule has 0 spiro atoms. The molecule has 86 valence electrons. The Hall–Kier alpha value is -0.293. The molecule has 1 heterocycles. The Bertz CT molecular complexity index is 494. The van der Waals surface area contributed by atoms with E-state index in [1.807, 2.05) is 12.1 Å². The predicted molar refractivity (Wildman–Crippen MR) is 76.6 cm³/mol. The number of hydrogen-bond acceptors (Lipinski definition) is 3. The molecule has 0 unspecified atom stereocenters. The molecule has 0 bridgehead atoms. The van der Waals surface area contributed by atoms with Gasteiger partial charge in [-0.2, -0.15) is 0 Å². The van der Waals surface area contributed by atoms with Gasteiger partial charge in [-0.1, -0.05) is 54.2 Å². The maximum absolute atomic E-state index is 5.97. The quantitative estimate of drug-likeness (QED) is 0.800. The highest BCUT2D eigenvalue weighted by molar-refractivity contribution is 7.22. The van der Waals surface area contributed by atoms with Gasteiger partial charge < -0.3 is 4.98 Å². The number of nitrogens with one attached hydrogen (secondary N) is 1. The zero-order valence-electron chi connectivity index (χ0n) is 9.27. The zero-order valence-corrected chi connectivity index (χ0v) is 12.6. The number of halogens is 2. The molecule has 0 fully saturated rings. The van der Waals surface area contributed by atoms with Gasteiger partial charge in [0.1, 0.15) is 8.24 Å². The third-order valence-corrected chi connectivity index (χ3v) is 4.74. The maximum atomic E-state index is 5.97. The SMILES string of the molecule is C[Si](C)(C)Nc1nc2cc(Cl)c(Cl)cc2s1. The molecule has 0 aliphatic carbocycles. The second-order valence-electron chi connectivity index (χ2n) is 4.63. The third kappa shape index (κ3) is 2.69. The Labute approximate surface area is 110 Å². The first-order valence-electron chi connectivity index (χ1n) is 4.89. The first-order chi connectivity index (χ1) is 7.35. The van der Waals surface area contributed by atoms with Crippen molar-refractivity contribution in [3.63, 3.8) is 0 Å². The van der Waals surface area contributed by atoms with Crippen LogP contribution in [0.3, 0.4) is 0 Å². The predicted octanol–water partition coefficient (Wildman–Crippen LogP) is 4.85. The van der Waals surface area contributed by atoms with E-state index in [2.05, 4.69) is 29.6 Å². The fourth-order valence-corrected chi connectivity index (χ4v) is 4.24. The topological polar surface area (TPSA) is 24.9 Å². The van der Waals surface area contributed by atoms with E-state index in [0.29, 0.717) is 10.0 Å². The van der Waals surface area contributed by atoms with Gasteiger partial charge in [0.2, 0.25) is 0 Å². The molecule has 0 aliphatic heterocycles. The molecule has 0 atom stereocenters. The van der Waals surface area contributed by atoms with Crippen molar-refractivity contribution in [2.75, 3.05) is 4.98 Å². The summed E-state index contributed by atoms with van der Waals surface area (Å²) in [7, 11) is -1.36. The largest absolute Gasteiger partial charge is 0.388 e. The van der Waals surface area contributed by atoms with Crippen LogP contribution in [-0.2, 0) is 0 Å². The molecule has 0 saturated carbocycles. The first kappa shape index (κ1) is 12.2.